The summed E-state index contributed by atoms with van der Waals surface area (Å²) in [6.45, 7) is 11.0. The maximum absolute atomic E-state index is 11.4. The zero-order valence-electron chi connectivity index (χ0n) is 23.7. The van der Waals surface area contributed by atoms with Crippen LogP contribution in [0.3, 0.4) is 0 Å². The summed E-state index contributed by atoms with van der Waals surface area (Å²) in [6, 6.07) is 15.7. The SMILES string of the molecule is CCC[CH2][Sn]([CH2]CCC)([CH2]CCC)[c]1cccc2c1C[C@@H](N1CCN(c3ccccc3N)CC1)[C@H](O)C2. The van der Waals surface area contributed by atoms with Gasteiger partial charge in [0.15, 0.2) is 0 Å². The van der Waals surface area contributed by atoms with Gasteiger partial charge in [0.2, 0.25) is 0 Å². The molecule has 3 N–H and O–H groups in total. The molecule has 2 aliphatic rings. The van der Waals surface area contributed by atoms with Gasteiger partial charge in [0.1, 0.15) is 0 Å². The molecule has 1 fully saturated rings. The van der Waals surface area contributed by atoms with E-state index in [0.717, 1.165) is 50.4 Å². The van der Waals surface area contributed by atoms with Crippen LogP contribution in [0.5, 0.6) is 0 Å². The van der Waals surface area contributed by atoms with E-state index in [4.69, 9.17) is 5.73 Å². The molecule has 2 aromatic carbocycles. The number of unbranched alkanes of at least 4 members (excludes halogenated alkanes) is 3. The van der Waals surface area contributed by atoms with E-state index in [1.807, 2.05) is 15.7 Å². The first-order valence-corrected chi connectivity index (χ1v) is 22.6. The number of aliphatic hydroxyl groups is 1. The Morgan fingerprint density at radius 2 is 1.43 bits per heavy atom. The summed E-state index contributed by atoms with van der Waals surface area (Å²) in [7, 11) is 0. The molecule has 0 radical (unpaired) electrons. The third-order valence-corrected chi connectivity index (χ3v) is 25.0. The van der Waals surface area contributed by atoms with Crippen LogP contribution >= 0.6 is 0 Å². The summed E-state index contributed by atoms with van der Waals surface area (Å²) in [5.74, 6) is 0. The van der Waals surface area contributed by atoms with E-state index >= 15 is 0 Å². The fraction of sp³-hybridized carbons (Fsp3) is 0.625. The Hall–Kier alpha value is -1.24. The Balaban J connectivity index is 1.58. The van der Waals surface area contributed by atoms with Gasteiger partial charge < -0.3 is 0 Å². The van der Waals surface area contributed by atoms with Gasteiger partial charge in [-0.05, 0) is 0 Å². The van der Waals surface area contributed by atoms with Gasteiger partial charge >= 0.3 is 231 Å². The maximum atomic E-state index is 11.4. The zero-order chi connectivity index (χ0) is 26.3. The van der Waals surface area contributed by atoms with Crippen LogP contribution in [0.15, 0.2) is 42.5 Å². The third kappa shape index (κ3) is 6.67. The Labute approximate surface area is 230 Å². The van der Waals surface area contributed by atoms with Crippen molar-refractivity contribution >= 4 is 33.3 Å². The van der Waals surface area contributed by atoms with Gasteiger partial charge in [0.25, 0.3) is 0 Å². The second-order valence-electron chi connectivity index (χ2n) is 11.7. The summed E-state index contributed by atoms with van der Waals surface area (Å²) < 4.78 is 6.35. The van der Waals surface area contributed by atoms with E-state index in [1.165, 1.54) is 57.4 Å². The van der Waals surface area contributed by atoms with Crippen molar-refractivity contribution in [3.63, 3.8) is 0 Å². The summed E-state index contributed by atoms with van der Waals surface area (Å²) in [5.41, 5.74) is 11.4. The minimum atomic E-state index is -2.56. The molecule has 0 unspecified atom stereocenters. The number of fused-ring (bicyclic) bond motifs is 1. The van der Waals surface area contributed by atoms with E-state index in [0.29, 0.717) is 0 Å². The first kappa shape index (κ1) is 28.8. The number of hydrogen-bond acceptors (Lipinski definition) is 4. The Kier molecular flexibility index (Phi) is 10.7. The molecule has 204 valence electrons. The predicted octanol–water partition coefficient (Wildman–Crippen LogP) is 5.98. The number of para-hydroxylation sites is 2. The summed E-state index contributed by atoms with van der Waals surface area (Å²) in [4.78, 5) is 5.00. The molecule has 4 rings (SSSR count). The summed E-state index contributed by atoms with van der Waals surface area (Å²) >= 11 is -2.56. The molecular weight excluding hydrogens is 561 g/mol. The van der Waals surface area contributed by atoms with Crippen molar-refractivity contribution in [1.82, 2.24) is 4.90 Å². The molecule has 2 atom stereocenters. The van der Waals surface area contributed by atoms with Gasteiger partial charge in [0.05, 0.1) is 0 Å². The third-order valence-electron chi connectivity index (χ3n) is 9.22. The molecule has 1 saturated heterocycles. The predicted molar refractivity (Wildman–Crippen MR) is 163 cm³/mol. The van der Waals surface area contributed by atoms with E-state index < -0.39 is 18.4 Å². The number of nitrogens with two attached hydrogens (primary N) is 1. The minimum absolute atomic E-state index is 0.233. The van der Waals surface area contributed by atoms with Gasteiger partial charge in [0, 0.05) is 0 Å². The molecular formula is C32H51N3OSn. The van der Waals surface area contributed by atoms with Gasteiger partial charge in [-0.3, -0.25) is 0 Å². The van der Waals surface area contributed by atoms with Crippen LogP contribution in [0.2, 0.25) is 13.3 Å². The Bertz CT molecular complexity index is 966. The molecule has 0 spiro atoms. The molecule has 0 saturated carbocycles. The van der Waals surface area contributed by atoms with Crippen molar-refractivity contribution in [3.05, 3.63) is 53.6 Å². The molecule has 37 heavy (non-hydrogen) atoms. The second-order valence-corrected chi connectivity index (χ2v) is 24.8. The molecule has 1 aliphatic carbocycles. The average Bonchev–Trinajstić information content (AvgIpc) is 2.93. The van der Waals surface area contributed by atoms with Crippen molar-refractivity contribution in [3.8, 4) is 0 Å². The summed E-state index contributed by atoms with van der Waals surface area (Å²) in [6.07, 6.45) is 9.68. The van der Waals surface area contributed by atoms with E-state index in [1.54, 1.807) is 5.56 Å². The standard InChI is InChI=1S/C20H24N3O.3C4H9.Sn/c21-17-7-3-4-8-18(17)22-9-11-23(12-10-22)19-13-15-5-1-2-6-16(15)14-20(19)24;3*1-3-4-2;/h1-4,6-8,19-20,24H,9-14,21H2;3*1,3-4H2,2H3;/t19-,20-;;;;/m1..../s1. The Morgan fingerprint density at radius 1 is 0.811 bits per heavy atom. The second kappa shape index (κ2) is 13.7. The molecule has 0 amide bonds. The van der Waals surface area contributed by atoms with Crippen molar-refractivity contribution in [2.24, 2.45) is 0 Å². The van der Waals surface area contributed by atoms with Crippen molar-refractivity contribution < 1.29 is 5.11 Å². The first-order valence-electron chi connectivity index (χ1n) is 15.2. The number of hydrogen-bond donors (Lipinski definition) is 2. The first-order chi connectivity index (χ1) is 18.0. The van der Waals surface area contributed by atoms with E-state index in [2.05, 4.69) is 60.9 Å². The number of aliphatic hydroxyl groups excluding tert-OH is 1. The average molecular weight is 612 g/mol. The van der Waals surface area contributed by atoms with Gasteiger partial charge in [-0.25, -0.2) is 0 Å². The van der Waals surface area contributed by atoms with Crippen LogP contribution in [0.1, 0.15) is 70.4 Å². The summed E-state index contributed by atoms with van der Waals surface area (Å²) in [5, 5.41) is 11.4. The number of nitrogen functional groups attached to an aromatic ring is 1. The molecule has 0 bridgehead atoms. The number of piperazine rings is 1. The van der Waals surface area contributed by atoms with Gasteiger partial charge in [-0.15, -0.1) is 0 Å². The molecule has 2 aromatic rings. The van der Waals surface area contributed by atoms with Crippen LogP contribution in [-0.2, 0) is 12.8 Å². The topological polar surface area (TPSA) is 52.7 Å². The van der Waals surface area contributed by atoms with Crippen LogP contribution < -0.4 is 14.2 Å². The monoisotopic (exact) mass is 613 g/mol. The van der Waals surface area contributed by atoms with Crippen molar-refractivity contribution in [1.29, 1.82) is 0 Å². The number of benzene rings is 2. The fourth-order valence-corrected chi connectivity index (χ4v) is 24.2. The molecule has 1 heterocycles. The van der Waals surface area contributed by atoms with Gasteiger partial charge in [-0.2, -0.15) is 0 Å². The molecule has 5 heteroatoms. The van der Waals surface area contributed by atoms with Crippen molar-refractivity contribution in [2.45, 2.75) is 97.6 Å². The number of nitrogens with zero attached hydrogens (tertiary/aromatic N) is 2. The van der Waals surface area contributed by atoms with Crippen LogP contribution in [0, 0.1) is 0 Å². The number of anilines is 2. The van der Waals surface area contributed by atoms with Crippen LogP contribution in [0.25, 0.3) is 0 Å². The number of rotatable bonds is 12. The zero-order valence-corrected chi connectivity index (χ0v) is 26.6. The van der Waals surface area contributed by atoms with Crippen molar-refractivity contribution in [2.75, 3.05) is 36.8 Å². The fourth-order valence-electron chi connectivity index (χ4n) is 7.04. The molecule has 1 aliphatic heterocycles. The molecule has 0 aromatic heterocycles. The quantitative estimate of drug-likeness (QED) is 0.229. The van der Waals surface area contributed by atoms with Crippen LogP contribution in [-0.4, -0.2) is 66.7 Å². The van der Waals surface area contributed by atoms with Crippen LogP contribution in [0.4, 0.5) is 11.4 Å². The normalized spacial score (nSPS) is 20.7. The van der Waals surface area contributed by atoms with Gasteiger partial charge in [-0.1, -0.05) is 0 Å². The molecule has 4 nitrogen and oxygen atoms in total. The van der Waals surface area contributed by atoms with E-state index in [9.17, 15) is 5.11 Å². The van der Waals surface area contributed by atoms with E-state index in [-0.39, 0.29) is 12.1 Å². The Morgan fingerprint density at radius 3 is 2.03 bits per heavy atom.